The molecule has 0 saturated heterocycles. The summed E-state index contributed by atoms with van der Waals surface area (Å²) in [6.45, 7) is 2.90. The number of hydrogen-bond donors (Lipinski definition) is 1. The molecule has 2 aromatic rings. The number of methoxy groups -OCH3 is 1. The summed E-state index contributed by atoms with van der Waals surface area (Å²) in [7, 11) is 1.64. The first-order chi connectivity index (χ1) is 8.33. The number of anilines is 1. The summed E-state index contributed by atoms with van der Waals surface area (Å²) in [5, 5.41) is 6.95. The van der Waals surface area contributed by atoms with Gasteiger partial charge in [0, 0.05) is 12.1 Å². The maximum absolute atomic E-state index is 5.09. The van der Waals surface area contributed by atoms with Crippen LogP contribution in [-0.2, 0) is 0 Å². The molecule has 0 unspecified atom stereocenters. The molecule has 17 heavy (non-hydrogen) atoms. The molecule has 5 heteroatoms. The van der Waals surface area contributed by atoms with Crippen LogP contribution in [0, 0.1) is 0 Å². The van der Waals surface area contributed by atoms with Gasteiger partial charge < -0.3 is 14.6 Å². The molecule has 0 bridgehead atoms. The van der Waals surface area contributed by atoms with Crippen LogP contribution in [0.5, 0.6) is 5.75 Å². The van der Waals surface area contributed by atoms with Crippen LogP contribution in [0.1, 0.15) is 13.3 Å². The third-order valence-corrected chi connectivity index (χ3v) is 2.30. The number of hydrogen-bond acceptors (Lipinski definition) is 5. The van der Waals surface area contributed by atoms with E-state index in [0.717, 1.165) is 24.3 Å². The summed E-state index contributed by atoms with van der Waals surface area (Å²) >= 11 is 0. The van der Waals surface area contributed by atoms with Crippen LogP contribution < -0.4 is 10.1 Å². The van der Waals surface area contributed by atoms with Crippen molar-refractivity contribution in [3.63, 3.8) is 0 Å². The predicted octanol–water partition coefficient (Wildman–Crippen LogP) is 2.57. The SMILES string of the molecule is CCCNc1nc(-c2ccc(OC)cc2)no1. The minimum Gasteiger partial charge on any atom is -0.497 e. The molecular formula is C12H15N3O2. The lowest BCUT2D eigenvalue weighted by molar-refractivity contribution is 0.415. The van der Waals surface area contributed by atoms with Gasteiger partial charge in [-0.05, 0) is 30.7 Å². The molecule has 0 saturated carbocycles. The second kappa shape index (κ2) is 5.34. The van der Waals surface area contributed by atoms with Crippen LogP contribution in [0.4, 0.5) is 6.01 Å². The predicted molar refractivity (Wildman–Crippen MR) is 65.1 cm³/mol. The quantitative estimate of drug-likeness (QED) is 0.860. The molecule has 0 spiro atoms. The smallest absolute Gasteiger partial charge is 0.321 e. The van der Waals surface area contributed by atoms with E-state index in [1.165, 1.54) is 0 Å². The number of rotatable bonds is 5. The largest absolute Gasteiger partial charge is 0.497 e. The molecule has 0 fully saturated rings. The highest BCUT2D eigenvalue weighted by atomic mass is 16.5. The number of benzene rings is 1. The lowest BCUT2D eigenvalue weighted by Gasteiger charge is -1.99. The Morgan fingerprint density at radius 2 is 2.06 bits per heavy atom. The van der Waals surface area contributed by atoms with Gasteiger partial charge in [0.25, 0.3) is 0 Å². The van der Waals surface area contributed by atoms with Gasteiger partial charge in [0.2, 0.25) is 5.82 Å². The monoisotopic (exact) mass is 233 g/mol. The first-order valence-corrected chi connectivity index (χ1v) is 5.55. The summed E-state index contributed by atoms with van der Waals surface area (Å²) in [6.07, 6.45) is 1.01. The topological polar surface area (TPSA) is 60.2 Å². The van der Waals surface area contributed by atoms with Crippen LogP contribution in [-0.4, -0.2) is 23.8 Å². The molecule has 2 rings (SSSR count). The highest BCUT2D eigenvalue weighted by Gasteiger charge is 2.07. The average molecular weight is 233 g/mol. The number of nitrogens with one attached hydrogen (secondary N) is 1. The second-order valence-electron chi connectivity index (χ2n) is 3.58. The molecule has 0 atom stereocenters. The maximum atomic E-state index is 5.09. The minimum absolute atomic E-state index is 0.456. The number of nitrogens with zero attached hydrogens (tertiary/aromatic N) is 2. The van der Waals surface area contributed by atoms with Crippen molar-refractivity contribution in [3.8, 4) is 17.1 Å². The van der Waals surface area contributed by atoms with Gasteiger partial charge in [0.15, 0.2) is 0 Å². The van der Waals surface area contributed by atoms with Crippen molar-refractivity contribution in [1.29, 1.82) is 0 Å². The Balaban J connectivity index is 2.12. The van der Waals surface area contributed by atoms with Gasteiger partial charge in [-0.25, -0.2) is 0 Å². The molecule has 0 radical (unpaired) electrons. The minimum atomic E-state index is 0.456. The van der Waals surface area contributed by atoms with Gasteiger partial charge >= 0.3 is 6.01 Å². The summed E-state index contributed by atoms with van der Waals surface area (Å²) in [4.78, 5) is 4.24. The van der Waals surface area contributed by atoms with Crippen LogP contribution in [0.3, 0.4) is 0 Å². The molecule has 5 nitrogen and oxygen atoms in total. The first-order valence-electron chi connectivity index (χ1n) is 5.55. The molecule has 90 valence electrons. The maximum Gasteiger partial charge on any atom is 0.321 e. The van der Waals surface area contributed by atoms with Crippen LogP contribution in [0.25, 0.3) is 11.4 Å². The zero-order chi connectivity index (χ0) is 12.1. The second-order valence-corrected chi connectivity index (χ2v) is 3.58. The molecule has 0 aliphatic rings. The van der Waals surface area contributed by atoms with E-state index >= 15 is 0 Å². The summed E-state index contributed by atoms with van der Waals surface area (Å²) < 4.78 is 10.2. The molecule has 1 heterocycles. The summed E-state index contributed by atoms with van der Waals surface area (Å²) in [5.74, 6) is 1.38. The molecule has 0 amide bonds. The number of ether oxygens (including phenoxy) is 1. The molecule has 0 aliphatic carbocycles. The van der Waals surface area contributed by atoms with E-state index in [0.29, 0.717) is 11.8 Å². The summed E-state index contributed by atoms with van der Waals surface area (Å²) in [5.41, 5.74) is 0.902. The van der Waals surface area contributed by atoms with E-state index in [-0.39, 0.29) is 0 Å². The Labute approximate surface area is 99.8 Å². The van der Waals surface area contributed by atoms with Gasteiger partial charge in [-0.1, -0.05) is 12.1 Å². The van der Waals surface area contributed by atoms with Crippen molar-refractivity contribution in [1.82, 2.24) is 10.1 Å². The zero-order valence-corrected chi connectivity index (χ0v) is 9.93. The third-order valence-electron chi connectivity index (χ3n) is 2.30. The lowest BCUT2D eigenvalue weighted by atomic mass is 10.2. The molecule has 0 aliphatic heterocycles. The van der Waals surface area contributed by atoms with E-state index in [2.05, 4.69) is 22.4 Å². The zero-order valence-electron chi connectivity index (χ0n) is 9.93. The van der Waals surface area contributed by atoms with Crippen molar-refractivity contribution < 1.29 is 9.26 Å². The fourth-order valence-corrected chi connectivity index (χ4v) is 1.38. The normalized spacial score (nSPS) is 10.2. The molecular weight excluding hydrogens is 218 g/mol. The highest BCUT2D eigenvalue weighted by molar-refractivity contribution is 5.56. The van der Waals surface area contributed by atoms with E-state index in [1.54, 1.807) is 7.11 Å². The van der Waals surface area contributed by atoms with Crippen molar-refractivity contribution in [2.75, 3.05) is 19.0 Å². The number of aromatic nitrogens is 2. The fourth-order valence-electron chi connectivity index (χ4n) is 1.38. The fraction of sp³-hybridized carbons (Fsp3) is 0.333. The third kappa shape index (κ3) is 2.75. The molecule has 1 aromatic heterocycles. The highest BCUT2D eigenvalue weighted by Crippen LogP contribution is 2.20. The van der Waals surface area contributed by atoms with Gasteiger partial charge in [0.05, 0.1) is 7.11 Å². The lowest BCUT2D eigenvalue weighted by Crippen LogP contribution is -1.99. The Hall–Kier alpha value is -2.04. The molecule has 1 aromatic carbocycles. The van der Waals surface area contributed by atoms with Crippen molar-refractivity contribution in [2.45, 2.75) is 13.3 Å². The standard InChI is InChI=1S/C12H15N3O2/c1-3-8-13-12-14-11(15-17-12)9-4-6-10(16-2)7-5-9/h4-7H,3,8H2,1-2H3,(H,13,14,15). The van der Waals surface area contributed by atoms with Crippen molar-refractivity contribution in [3.05, 3.63) is 24.3 Å². The van der Waals surface area contributed by atoms with E-state index < -0.39 is 0 Å². The Kier molecular flexibility index (Phi) is 3.59. The van der Waals surface area contributed by atoms with E-state index in [4.69, 9.17) is 9.26 Å². The Bertz CT molecular complexity index is 465. The van der Waals surface area contributed by atoms with Gasteiger partial charge in [-0.3, -0.25) is 0 Å². The Morgan fingerprint density at radius 1 is 1.29 bits per heavy atom. The van der Waals surface area contributed by atoms with Crippen LogP contribution >= 0.6 is 0 Å². The van der Waals surface area contributed by atoms with Gasteiger partial charge in [0.1, 0.15) is 5.75 Å². The molecule has 1 N–H and O–H groups in total. The first kappa shape index (κ1) is 11.4. The van der Waals surface area contributed by atoms with Crippen LogP contribution in [0.15, 0.2) is 28.8 Å². The van der Waals surface area contributed by atoms with E-state index in [9.17, 15) is 0 Å². The summed E-state index contributed by atoms with van der Waals surface area (Å²) in [6, 6.07) is 7.98. The Morgan fingerprint density at radius 3 is 2.71 bits per heavy atom. The van der Waals surface area contributed by atoms with Gasteiger partial charge in [-0.2, -0.15) is 4.98 Å². The van der Waals surface area contributed by atoms with Crippen molar-refractivity contribution in [2.24, 2.45) is 0 Å². The average Bonchev–Trinajstić information content (AvgIpc) is 2.85. The van der Waals surface area contributed by atoms with E-state index in [1.807, 2.05) is 24.3 Å². The van der Waals surface area contributed by atoms with Crippen molar-refractivity contribution >= 4 is 6.01 Å². The van der Waals surface area contributed by atoms with Crippen LogP contribution in [0.2, 0.25) is 0 Å². The van der Waals surface area contributed by atoms with Gasteiger partial charge in [-0.15, -0.1) is 0 Å².